The van der Waals surface area contributed by atoms with Gasteiger partial charge in [0.1, 0.15) is 11.3 Å². The Kier molecular flexibility index (Phi) is 9.17. The van der Waals surface area contributed by atoms with Crippen molar-refractivity contribution in [3.05, 3.63) is 88.2 Å². The minimum atomic E-state index is -5.17. The van der Waals surface area contributed by atoms with Gasteiger partial charge in [-0.3, -0.25) is 0 Å². The average Bonchev–Trinajstić information content (AvgIpc) is 3.48. The zero-order chi connectivity index (χ0) is 31.8. The van der Waals surface area contributed by atoms with Gasteiger partial charge in [-0.25, -0.2) is 35.2 Å². The Morgan fingerprint density at radius 2 is 1.45 bits per heavy atom. The molecule has 1 saturated carbocycles. The second-order valence-corrected chi connectivity index (χ2v) is 13.1. The number of hydrogen-bond donors (Lipinski definition) is 2. The molecule has 1 saturated heterocycles. The number of benzene rings is 3. The van der Waals surface area contributed by atoms with E-state index < -0.39 is 61.8 Å². The molecule has 0 bridgehead atoms. The van der Waals surface area contributed by atoms with Crippen LogP contribution in [0.3, 0.4) is 0 Å². The van der Waals surface area contributed by atoms with E-state index in [9.17, 15) is 45.4 Å². The fraction of sp³-hybridized carbons (Fsp3) is 0.387. The summed E-state index contributed by atoms with van der Waals surface area (Å²) >= 11 is 0. The van der Waals surface area contributed by atoms with E-state index in [1.54, 1.807) is 4.90 Å². The molecule has 5 rings (SSSR count). The van der Waals surface area contributed by atoms with Crippen LogP contribution >= 0.6 is 0 Å². The number of hydrogen-bond acceptors (Lipinski definition) is 5. The monoisotopic (exact) mass is 638 g/mol. The van der Waals surface area contributed by atoms with Crippen molar-refractivity contribution in [3.8, 4) is 5.75 Å². The molecule has 1 atom stereocenters. The Morgan fingerprint density at radius 1 is 0.841 bits per heavy atom. The summed E-state index contributed by atoms with van der Waals surface area (Å²) in [5.41, 5.74) is 2.02. The second-order valence-electron chi connectivity index (χ2n) is 11.3. The first-order valence-corrected chi connectivity index (χ1v) is 15.8. The average molecular weight is 639 g/mol. The third-order valence-electron chi connectivity index (χ3n) is 8.50. The van der Waals surface area contributed by atoms with Gasteiger partial charge in [-0.1, -0.05) is 43.5 Å². The van der Waals surface area contributed by atoms with Crippen LogP contribution in [0.5, 0.6) is 5.75 Å². The summed E-state index contributed by atoms with van der Waals surface area (Å²) in [6, 6.07) is 10.8. The lowest BCUT2D eigenvalue weighted by molar-refractivity contribution is 0.0693. The van der Waals surface area contributed by atoms with Gasteiger partial charge in [0.05, 0.1) is 0 Å². The van der Waals surface area contributed by atoms with Crippen LogP contribution in [-0.2, 0) is 16.6 Å². The van der Waals surface area contributed by atoms with E-state index in [0.717, 1.165) is 22.7 Å². The molecule has 44 heavy (non-hydrogen) atoms. The molecule has 13 heteroatoms. The highest BCUT2D eigenvalue weighted by atomic mass is 32.2. The van der Waals surface area contributed by atoms with Crippen LogP contribution in [0.15, 0.2) is 47.4 Å². The van der Waals surface area contributed by atoms with Gasteiger partial charge in [-0.05, 0) is 54.9 Å². The highest BCUT2D eigenvalue weighted by Gasteiger charge is 2.42. The van der Waals surface area contributed by atoms with Gasteiger partial charge < -0.3 is 15.1 Å². The van der Waals surface area contributed by atoms with Crippen LogP contribution in [0.25, 0.3) is 0 Å². The maximum Gasteiger partial charge on any atom is 0.339 e. The van der Waals surface area contributed by atoms with Crippen LogP contribution in [0, 0.1) is 29.1 Å². The zero-order valence-electron chi connectivity index (χ0n) is 23.6. The van der Waals surface area contributed by atoms with Crippen LogP contribution in [0.4, 0.5) is 27.6 Å². The molecule has 1 aliphatic heterocycles. The van der Waals surface area contributed by atoms with Crippen molar-refractivity contribution in [3.63, 3.8) is 0 Å². The van der Waals surface area contributed by atoms with Crippen molar-refractivity contribution in [1.82, 2.24) is 4.31 Å². The van der Waals surface area contributed by atoms with Gasteiger partial charge in [0, 0.05) is 37.4 Å². The van der Waals surface area contributed by atoms with Crippen LogP contribution in [0.2, 0.25) is 0 Å². The number of carbonyl (C=O) groups is 1. The van der Waals surface area contributed by atoms with E-state index in [-0.39, 0.29) is 38.0 Å². The molecule has 2 N–H and O–H groups in total. The molecular formula is C31H31F5N2O5S. The molecule has 1 heterocycles. The third kappa shape index (κ3) is 6.12. The number of halogens is 5. The van der Waals surface area contributed by atoms with E-state index in [2.05, 4.69) is 0 Å². The molecule has 0 radical (unpaired) electrons. The molecular weight excluding hydrogens is 607 g/mol. The van der Waals surface area contributed by atoms with Gasteiger partial charge in [0.2, 0.25) is 15.8 Å². The standard InChI is InChI=1S/C31H31F5N2O5S/c32-25-26(33)28(35)30(29(36)27(25)34)44(42,43)38-14-4-7-22(38)17-37(21-12-13-23(31(40)41)24(39)15-21)16-18-8-10-20(11-9-18)19-5-2-1-3-6-19/h8-13,15,19,22,39H,1-7,14,16-17H2,(H,40,41)/t22-/m1/s1. The zero-order valence-corrected chi connectivity index (χ0v) is 24.4. The molecule has 2 aliphatic rings. The van der Waals surface area contributed by atoms with Crippen molar-refractivity contribution in [2.45, 2.75) is 68.3 Å². The van der Waals surface area contributed by atoms with Gasteiger partial charge in [-0.2, -0.15) is 4.31 Å². The lowest BCUT2D eigenvalue weighted by atomic mass is 9.84. The number of aromatic hydroxyl groups is 1. The summed E-state index contributed by atoms with van der Waals surface area (Å²) in [5.74, 6) is -13.4. The molecule has 0 aromatic heterocycles. The summed E-state index contributed by atoms with van der Waals surface area (Å²) in [5, 5.41) is 19.7. The Labute approximate surface area is 251 Å². The van der Waals surface area contributed by atoms with E-state index in [4.69, 9.17) is 0 Å². The SMILES string of the molecule is O=C(O)c1ccc(N(Cc2ccc(C3CCCCC3)cc2)C[C@H]2CCCN2S(=O)(=O)c2c(F)c(F)c(F)c(F)c2F)cc1O. The maximum absolute atomic E-state index is 14.6. The first-order valence-electron chi connectivity index (χ1n) is 14.3. The second kappa shape index (κ2) is 12.7. The molecule has 0 spiro atoms. The Morgan fingerprint density at radius 3 is 2.05 bits per heavy atom. The van der Waals surface area contributed by atoms with Crippen LogP contribution < -0.4 is 4.90 Å². The number of anilines is 1. The number of nitrogens with zero attached hydrogens (tertiary/aromatic N) is 2. The van der Waals surface area contributed by atoms with E-state index in [1.165, 1.54) is 43.0 Å². The van der Waals surface area contributed by atoms with Crippen molar-refractivity contribution in [2.24, 2.45) is 0 Å². The number of aromatic carboxylic acids is 1. The fourth-order valence-electron chi connectivity index (χ4n) is 6.20. The van der Waals surface area contributed by atoms with Gasteiger partial charge in [0.15, 0.2) is 28.2 Å². The summed E-state index contributed by atoms with van der Waals surface area (Å²) in [6.45, 7) is -0.131. The Balaban J connectivity index is 1.47. The number of sulfonamides is 1. The Hall–Kier alpha value is -3.71. The number of rotatable bonds is 9. The van der Waals surface area contributed by atoms with Crippen molar-refractivity contribution >= 4 is 21.7 Å². The maximum atomic E-state index is 14.6. The summed E-state index contributed by atoms with van der Waals surface area (Å²) in [7, 11) is -5.17. The summed E-state index contributed by atoms with van der Waals surface area (Å²) < 4.78 is 98.3. The Bertz CT molecular complexity index is 1630. The molecule has 236 valence electrons. The molecule has 1 aliphatic carbocycles. The predicted octanol–water partition coefficient (Wildman–Crippen LogP) is 6.69. The highest BCUT2D eigenvalue weighted by Crippen LogP contribution is 2.36. The topological polar surface area (TPSA) is 98.2 Å². The lowest BCUT2D eigenvalue weighted by Gasteiger charge is -2.32. The fourth-order valence-corrected chi connectivity index (χ4v) is 8.00. The first-order chi connectivity index (χ1) is 20.9. The van der Waals surface area contributed by atoms with Crippen molar-refractivity contribution in [2.75, 3.05) is 18.0 Å². The van der Waals surface area contributed by atoms with E-state index >= 15 is 0 Å². The van der Waals surface area contributed by atoms with Gasteiger partial charge >= 0.3 is 5.97 Å². The highest BCUT2D eigenvalue weighted by molar-refractivity contribution is 7.89. The molecule has 3 aromatic rings. The third-order valence-corrected chi connectivity index (χ3v) is 10.5. The molecule has 2 fully saturated rings. The van der Waals surface area contributed by atoms with E-state index in [0.29, 0.717) is 11.6 Å². The molecule has 7 nitrogen and oxygen atoms in total. The summed E-state index contributed by atoms with van der Waals surface area (Å²) in [4.78, 5) is 11.2. The minimum absolute atomic E-state index is 0.0924. The number of carboxylic acid groups (broad SMARTS) is 1. The largest absolute Gasteiger partial charge is 0.507 e. The summed E-state index contributed by atoms with van der Waals surface area (Å²) in [6.07, 6.45) is 6.24. The van der Waals surface area contributed by atoms with Crippen molar-refractivity contribution in [1.29, 1.82) is 0 Å². The van der Waals surface area contributed by atoms with Crippen LogP contribution in [0.1, 0.15) is 72.3 Å². The predicted molar refractivity (Wildman–Crippen MR) is 152 cm³/mol. The first kappa shape index (κ1) is 31.7. The smallest absolute Gasteiger partial charge is 0.339 e. The number of phenols is 1. The quantitative estimate of drug-likeness (QED) is 0.154. The molecule has 3 aromatic carbocycles. The normalized spacial score (nSPS) is 18.1. The lowest BCUT2D eigenvalue weighted by Crippen LogP contribution is -2.44. The van der Waals surface area contributed by atoms with Gasteiger partial charge in [0.25, 0.3) is 0 Å². The van der Waals surface area contributed by atoms with Crippen LogP contribution in [-0.4, -0.2) is 48.0 Å². The van der Waals surface area contributed by atoms with Gasteiger partial charge in [-0.15, -0.1) is 0 Å². The van der Waals surface area contributed by atoms with E-state index in [1.807, 2.05) is 24.3 Å². The van der Waals surface area contributed by atoms with Crippen molar-refractivity contribution < 1.29 is 45.4 Å². The minimum Gasteiger partial charge on any atom is -0.507 e. The number of carboxylic acids is 1. The molecule has 0 unspecified atom stereocenters. The molecule has 0 amide bonds.